The first-order valence-electron chi connectivity index (χ1n) is 16.6. The van der Waals surface area contributed by atoms with Crippen LogP contribution in [0.3, 0.4) is 0 Å². The Bertz CT molecular complexity index is 1890. The van der Waals surface area contributed by atoms with Crippen molar-refractivity contribution in [1.82, 2.24) is 25.5 Å². The Morgan fingerprint density at radius 3 is 2.54 bits per heavy atom. The maximum Gasteiger partial charge on any atom is 0.387 e. The van der Waals surface area contributed by atoms with Gasteiger partial charge in [0.25, 0.3) is 0 Å². The molecule has 50 heavy (non-hydrogen) atoms. The van der Waals surface area contributed by atoms with Gasteiger partial charge in [0, 0.05) is 103 Å². The standard InChI is InChI=1S/C37H37Cl2F2N5O4/c1-48-35-23(17-43-25-10-13-49-14-11-25)7-8-29(45-35)28-4-2-3-26(32(28)38)27-9-12-42-34(33(27)39)22-5-6-24(30(15-22)50-36(40)41)18-46-20-37(21-46)16-31(47)44-19-37/h2-9,12,15,25,36,43H,10-11,13-14,16-21H2,1H3,(H,44,47). The molecule has 0 unspecified atom stereocenters. The van der Waals surface area contributed by atoms with E-state index >= 15 is 0 Å². The Morgan fingerprint density at radius 1 is 1.04 bits per heavy atom. The summed E-state index contributed by atoms with van der Waals surface area (Å²) in [6.07, 6.45) is 4.03. The summed E-state index contributed by atoms with van der Waals surface area (Å²) in [6.45, 7) is 1.59. The van der Waals surface area contributed by atoms with Crippen LogP contribution in [0, 0.1) is 5.41 Å². The molecule has 4 aromatic rings. The lowest BCUT2D eigenvalue weighted by Crippen LogP contribution is -2.56. The van der Waals surface area contributed by atoms with Crippen LogP contribution in [0.5, 0.6) is 11.6 Å². The van der Waals surface area contributed by atoms with Gasteiger partial charge in [0.1, 0.15) is 5.75 Å². The van der Waals surface area contributed by atoms with Gasteiger partial charge in [-0.3, -0.25) is 14.7 Å². The van der Waals surface area contributed by atoms with Crippen molar-refractivity contribution in [2.24, 2.45) is 5.41 Å². The number of hydrogen-bond acceptors (Lipinski definition) is 8. The molecule has 3 saturated heterocycles. The smallest absolute Gasteiger partial charge is 0.387 e. The molecule has 0 radical (unpaired) electrons. The van der Waals surface area contributed by atoms with Crippen molar-refractivity contribution in [3.8, 4) is 45.3 Å². The van der Waals surface area contributed by atoms with Crippen molar-refractivity contribution < 1.29 is 27.8 Å². The molecule has 13 heteroatoms. The summed E-state index contributed by atoms with van der Waals surface area (Å²) in [7, 11) is 1.60. The number of benzene rings is 2. The summed E-state index contributed by atoms with van der Waals surface area (Å²) in [4.78, 5) is 23.2. The Balaban J connectivity index is 1.13. The molecule has 5 heterocycles. The number of amides is 1. The topological polar surface area (TPSA) is 97.8 Å². The first-order chi connectivity index (χ1) is 24.2. The van der Waals surface area contributed by atoms with Crippen molar-refractivity contribution in [3.05, 3.63) is 82.0 Å². The summed E-state index contributed by atoms with van der Waals surface area (Å²) in [6, 6.07) is 16.8. The van der Waals surface area contributed by atoms with E-state index in [0.29, 0.717) is 100 Å². The van der Waals surface area contributed by atoms with E-state index in [1.54, 1.807) is 37.6 Å². The van der Waals surface area contributed by atoms with Gasteiger partial charge in [-0.2, -0.15) is 8.78 Å². The third kappa shape index (κ3) is 7.29. The van der Waals surface area contributed by atoms with E-state index in [2.05, 4.69) is 20.5 Å². The summed E-state index contributed by atoms with van der Waals surface area (Å²) in [5, 5.41) is 7.21. The zero-order valence-electron chi connectivity index (χ0n) is 27.5. The minimum Gasteiger partial charge on any atom is -0.481 e. The third-order valence-corrected chi connectivity index (χ3v) is 10.4. The fourth-order valence-corrected chi connectivity index (χ4v) is 7.79. The van der Waals surface area contributed by atoms with E-state index in [0.717, 1.165) is 31.6 Å². The number of nitrogens with one attached hydrogen (secondary N) is 2. The van der Waals surface area contributed by atoms with E-state index in [-0.39, 0.29) is 17.1 Å². The van der Waals surface area contributed by atoms with Crippen LogP contribution in [-0.4, -0.2) is 73.4 Å². The quantitative estimate of drug-likeness (QED) is 0.171. The maximum atomic E-state index is 13.6. The number of pyridine rings is 2. The van der Waals surface area contributed by atoms with Crippen molar-refractivity contribution in [3.63, 3.8) is 0 Å². The molecule has 2 N–H and O–H groups in total. The molecule has 3 aliphatic heterocycles. The second-order valence-electron chi connectivity index (χ2n) is 13.1. The number of likely N-dealkylation sites (tertiary alicyclic amines) is 1. The fourth-order valence-electron chi connectivity index (χ4n) is 7.15. The first-order valence-corrected chi connectivity index (χ1v) is 17.3. The van der Waals surface area contributed by atoms with E-state index in [1.807, 2.05) is 30.3 Å². The Kier molecular flexibility index (Phi) is 10.2. The molecular formula is C37H37Cl2F2N5O4. The van der Waals surface area contributed by atoms with Crippen molar-refractivity contribution >= 4 is 29.1 Å². The second-order valence-corrected chi connectivity index (χ2v) is 13.9. The second kappa shape index (κ2) is 14.8. The Morgan fingerprint density at radius 2 is 1.80 bits per heavy atom. The largest absolute Gasteiger partial charge is 0.481 e. The van der Waals surface area contributed by atoms with E-state index in [4.69, 9.17) is 42.4 Å². The molecule has 2 aromatic heterocycles. The molecule has 0 atom stereocenters. The maximum absolute atomic E-state index is 13.6. The van der Waals surface area contributed by atoms with Gasteiger partial charge in [0.2, 0.25) is 11.8 Å². The molecule has 262 valence electrons. The first kappa shape index (κ1) is 34.6. The lowest BCUT2D eigenvalue weighted by molar-refractivity contribution is -0.120. The number of carbonyl (C=O) groups excluding carboxylic acids is 1. The van der Waals surface area contributed by atoms with Crippen LogP contribution >= 0.6 is 23.2 Å². The fraction of sp³-hybridized carbons (Fsp3) is 0.378. The summed E-state index contributed by atoms with van der Waals surface area (Å²) < 4.78 is 43.2. The number of ether oxygens (including phenoxy) is 3. The highest BCUT2D eigenvalue weighted by atomic mass is 35.5. The molecule has 7 rings (SSSR count). The van der Waals surface area contributed by atoms with Crippen molar-refractivity contribution in [1.29, 1.82) is 0 Å². The minimum absolute atomic E-state index is 0.0498. The number of aromatic nitrogens is 2. The molecule has 9 nitrogen and oxygen atoms in total. The van der Waals surface area contributed by atoms with Crippen LogP contribution < -0.4 is 20.1 Å². The monoisotopic (exact) mass is 723 g/mol. The van der Waals surface area contributed by atoms with Crippen molar-refractivity contribution in [2.45, 2.75) is 45.0 Å². The van der Waals surface area contributed by atoms with Gasteiger partial charge in [-0.1, -0.05) is 59.6 Å². The number of rotatable bonds is 11. The van der Waals surface area contributed by atoms with Gasteiger partial charge in [0.15, 0.2) is 0 Å². The number of alkyl halides is 2. The van der Waals surface area contributed by atoms with Crippen LogP contribution in [-0.2, 0) is 22.6 Å². The van der Waals surface area contributed by atoms with E-state index in [9.17, 15) is 13.6 Å². The van der Waals surface area contributed by atoms with Gasteiger partial charge >= 0.3 is 6.61 Å². The van der Waals surface area contributed by atoms with Gasteiger partial charge in [-0.05, 0) is 31.0 Å². The number of nitrogens with zero attached hydrogens (tertiary/aromatic N) is 3. The molecule has 1 spiro atoms. The number of hydrogen-bond donors (Lipinski definition) is 2. The summed E-state index contributed by atoms with van der Waals surface area (Å²) in [5.41, 5.74) is 5.01. The minimum atomic E-state index is -3.01. The highest BCUT2D eigenvalue weighted by Gasteiger charge is 2.48. The summed E-state index contributed by atoms with van der Waals surface area (Å²) in [5.74, 6) is 0.613. The average molecular weight is 725 g/mol. The zero-order valence-corrected chi connectivity index (χ0v) is 29.0. The highest BCUT2D eigenvalue weighted by Crippen LogP contribution is 2.43. The SMILES string of the molecule is COc1nc(-c2cccc(-c3ccnc(-c4ccc(CN5CC6(CNC(=O)C6)C5)c(OC(F)F)c4)c3Cl)c2Cl)ccc1CNC1CCOCC1. The van der Waals surface area contributed by atoms with Crippen LogP contribution in [0.25, 0.3) is 33.6 Å². The average Bonchev–Trinajstić information content (AvgIpc) is 3.50. The molecule has 0 bridgehead atoms. The number of halogens is 4. The molecule has 0 saturated carbocycles. The Hall–Kier alpha value is -3.87. The predicted molar refractivity (Wildman–Crippen MR) is 188 cm³/mol. The molecule has 0 aliphatic carbocycles. The lowest BCUT2D eigenvalue weighted by atomic mass is 9.79. The van der Waals surface area contributed by atoms with Crippen LogP contribution in [0.2, 0.25) is 10.0 Å². The van der Waals surface area contributed by atoms with Crippen molar-refractivity contribution in [2.75, 3.05) is 40.0 Å². The predicted octanol–water partition coefficient (Wildman–Crippen LogP) is 6.98. The molecule has 3 aliphatic rings. The molecule has 3 fully saturated rings. The normalized spacial score (nSPS) is 17.6. The summed E-state index contributed by atoms with van der Waals surface area (Å²) >= 11 is 14.1. The molecular weight excluding hydrogens is 687 g/mol. The highest BCUT2D eigenvalue weighted by molar-refractivity contribution is 6.39. The Labute approximate surface area is 299 Å². The third-order valence-electron chi connectivity index (χ3n) is 9.65. The van der Waals surface area contributed by atoms with E-state index < -0.39 is 6.61 Å². The van der Waals surface area contributed by atoms with E-state index in [1.165, 1.54) is 0 Å². The van der Waals surface area contributed by atoms with Gasteiger partial charge in [0.05, 0.1) is 28.5 Å². The van der Waals surface area contributed by atoms with Crippen LogP contribution in [0.4, 0.5) is 8.78 Å². The molecule has 1 amide bonds. The van der Waals surface area contributed by atoms with Gasteiger partial charge in [-0.25, -0.2) is 4.98 Å². The number of methoxy groups -OCH3 is 1. The van der Waals surface area contributed by atoms with Crippen LogP contribution in [0.1, 0.15) is 30.4 Å². The lowest BCUT2D eigenvalue weighted by Gasteiger charge is -2.47. The number of carbonyl (C=O) groups is 1. The van der Waals surface area contributed by atoms with Gasteiger partial charge < -0.3 is 24.8 Å². The van der Waals surface area contributed by atoms with Gasteiger partial charge in [-0.15, -0.1) is 0 Å². The zero-order chi connectivity index (χ0) is 34.8. The molecule has 2 aromatic carbocycles. The van der Waals surface area contributed by atoms with Crippen LogP contribution in [0.15, 0.2) is 60.8 Å².